The highest BCUT2D eigenvalue weighted by molar-refractivity contribution is 5.65. The molecular formula is C15H16N2O. The molecule has 1 aromatic carbocycles. The number of hydrogen-bond donors (Lipinski definition) is 0. The zero-order valence-corrected chi connectivity index (χ0v) is 10.5. The van der Waals surface area contributed by atoms with Gasteiger partial charge in [-0.1, -0.05) is 24.3 Å². The Balaban J connectivity index is 1.86. The van der Waals surface area contributed by atoms with E-state index in [1.54, 1.807) is 19.6 Å². The van der Waals surface area contributed by atoms with Gasteiger partial charge < -0.3 is 4.74 Å². The van der Waals surface area contributed by atoms with Crippen molar-refractivity contribution in [3.63, 3.8) is 0 Å². The molecule has 0 N–H and O–H groups in total. The number of methoxy groups -OCH3 is 1. The summed E-state index contributed by atoms with van der Waals surface area (Å²) in [4.78, 5) is 8.26. The average molecular weight is 240 g/mol. The van der Waals surface area contributed by atoms with E-state index >= 15 is 0 Å². The van der Waals surface area contributed by atoms with Gasteiger partial charge in [-0.15, -0.1) is 0 Å². The fraction of sp³-hybridized carbons (Fsp3) is 0.333. The van der Waals surface area contributed by atoms with Crippen LogP contribution in [0, 0.1) is 5.92 Å². The van der Waals surface area contributed by atoms with Crippen LogP contribution in [0.15, 0.2) is 36.8 Å². The van der Waals surface area contributed by atoms with Gasteiger partial charge in [-0.05, 0) is 30.7 Å². The molecule has 3 rings (SSSR count). The Labute approximate surface area is 107 Å². The second-order valence-electron chi connectivity index (χ2n) is 4.78. The maximum absolute atomic E-state index is 5.28. The zero-order chi connectivity index (χ0) is 12.4. The van der Waals surface area contributed by atoms with Crippen molar-refractivity contribution in [1.29, 1.82) is 0 Å². The molecule has 0 saturated heterocycles. The van der Waals surface area contributed by atoms with Crippen molar-refractivity contribution in [2.24, 2.45) is 5.92 Å². The Morgan fingerprint density at radius 1 is 1.22 bits per heavy atom. The quantitative estimate of drug-likeness (QED) is 0.823. The van der Waals surface area contributed by atoms with Crippen LogP contribution in [0.5, 0.6) is 5.75 Å². The lowest BCUT2D eigenvalue weighted by Gasteiger charge is -2.07. The van der Waals surface area contributed by atoms with E-state index < -0.39 is 0 Å². The predicted molar refractivity (Wildman–Crippen MR) is 70.4 cm³/mol. The van der Waals surface area contributed by atoms with E-state index in [9.17, 15) is 0 Å². The molecule has 0 spiro atoms. The second-order valence-corrected chi connectivity index (χ2v) is 4.78. The highest BCUT2D eigenvalue weighted by Gasteiger charge is 2.21. The van der Waals surface area contributed by atoms with Gasteiger partial charge in [-0.25, -0.2) is 9.97 Å². The summed E-state index contributed by atoms with van der Waals surface area (Å²) in [5.41, 5.74) is 3.34. The van der Waals surface area contributed by atoms with E-state index in [-0.39, 0.29) is 0 Å². The molecule has 0 atom stereocenters. The molecule has 18 heavy (non-hydrogen) atoms. The number of rotatable bonds is 4. The molecule has 0 amide bonds. The van der Waals surface area contributed by atoms with Gasteiger partial charge in [0.05, 0.1) is 13.3 Å². The van der Waals surface area contributed by atoms with Crippen LogP contribution in [-0.4, -0.2) is 17.1 Å². The van der Waals surface area contributed by atoms with E-state index in [0.29, 0.717) is 5.75 Å². The highest BCUT2D eigenvalue weighted by atomic mass is 16.5. The van der Waals surface area contributed by atoms with Crippen molar-refractivity contribution in [2.45, 2.75) is 19.3 Å². The van der Waals surface area contributed by atoms with Gasteiger partial charge >= 0.3 is 0 Å². The Bertz CT molecular complexity index is 532. The minimum absolute atomic E-state index is 0.715. The molecule has 0 bridgehead atoms. The van der Waals surface area contributed by atoms with E-state index in [2.05, 4.69) is 34.2 Å². The van der Waals surface area contributed by atoms with Crippen molar-refractivity contribution in [3.8, 4) is 17.0 Å². The van der Waals surface area contributed by atoms with Gasteiger partial charge in [0, 0.05) is 5.56 Å². The van der Waals surface area contributed by atoms with Crippen molar-refractivity contribution in [1.82, 2.24) is 9.97 Å². The first-order chi connectivity index (χ1) is 8.86. The lowest BCUT2D eigenvalue weighted by molar-refractivity contribution is 0.412. The van der Waals surface area contributed by atoms with E-state index in [1.165, 1.54) is 24.8 Å². The van der Waals surface area contributed by atoms with Crippen molar-refractivity contribution in [3.05, 3.63) is 42.4 Å². The Kier molecular flexibility index (Phi) is 2.97. The number of aromatic nitrogens is 2. The van der Waals surface area contributed by atoms with Crippen LogP contribution in [0.4, 0.5) is 0 Å². The molecule has 1 heterocycles. The molecule has 1 aliphatic carbocycles. The first kappa shape index (κ1) is 11.2. The first-order valence-corrected chi connectivity index (χ1v) is 6.30. The van der Waals surface area contributed by atoms with Gasteiger partial charge in [0.25, 0.3) is 0 Å². The average Bonchev–Trinajstić information content (AvgIpc) is 3.24. The molecule has 1 fully saturated rings. The van der Waals surface area contributed by atoms with Gasteiger partial charge in [0.1, 0.15) is 12.0 Å². The maximum Gasteiger partial charge on any atom is 0.163 e. The minimum Gasteiger partial charge on any atom is -0.493 e. The molecule has 0 aliphatic heterocycles. The summed E-state index contributed by atoms with van der Waals surface area (Å²) in [6, 6.07) is 8.61. The van der Waals surface area contributed by atoms with Gasteiger partial charge in [0.15, 0.2) is 5.75 Å². The smallest absolute Gasteiger partial charge is 0.163 e. The van der Waals surface area contributed by atoms with Crippen LogP contribution in [0.25, 0.3) is 11.3 Å². The number of benzene rings is 1. The SMILES string of the molecule is COc1cncnc1-c1ccc(CC2CC2)cc1. The summed E-state index contributed by atoms with van der Waals surface area (Å²) in [5.74, 6) is 1.64. The highest BCUT2D eigenvalue weighted by Crippen LogP contribution is 2.33. The molecule has 1 aliphatic rings. The molecule has 2 aromatic rings. The summed E-state index contributed by atoms with van der Waals surface area (Å²) in [7, 11) is 1.64. The third kappa shape index (κ3) is 2.35. The van der Waals surface area contributed by atoms with Crippen LogP contribution < -0.4 is 4.74 Å². The summed E-state index contributed by atoms with van der Waals surface area (Å²) >= 11 is 0. The molecule has 0 radical (unpaired) electrons. The van der Waals surface area contributed by atoms with Crippen molar-refractivity contribution < 1.29 is 4.74 Å². The third-order valence-corrected chi connectivity index (χ3v) is 3.35. The van der Waals surface area contributed by atoms with E-state index in [0.717, 1.165) is 17.2 Å². The van der Waals surface area contributed by atoms with Gasteiger partial charge in [-0.2, -0.15) is 0 Å². The second kappa shape index (κ2) is 4.77. The molecule has 0 unspecified atom stereocenters. The molecule has 3 nitrogen and oxygen atoms in total. The van der Waals surface area contributed by atoms with Crippen LogP contribution in [0.2, 0.25) is 0 Å². The van der Waals surface area contributed by atoms with Crippen LogP contribution in [0.3, 0.4) is 0 Å². The summed E-state index contributed by atoms with van der Waals surface area (Å²) in [6.45, 7) is 0. The van der Waals surface area contributed by atoms with Crippen LogP contribution in [-0.2, 0) is 6.42 Å². The summed E-state index contributed by atoms with van der Waals surface area (Å²) in [5, 5.41) is 0. The lowest BCUT2D eigenvalue weighted by Crippen LogP contribution is -1.93. The van der Waals surface area contributed by atoms with Crippen molar-refractivity contribution >= 4 is 0 Å². The minimum atomic E-state index is 0.715. The van der Waals surface area contributed by atoms with Gasteiger partial charge in [0.2, 0.25) is 0 Å². The van der Waals surface area contributed by atoms with E-state index in [1.807, 2.05) is 0 Å². The van der Waals surface area contributed by atoms with E-state index in [4.69, 9.17) is 4.74 Å². The molecule has 92 valence electrons. The van der Waals surface area contributed by atoms with Gasteiger partial charge in [-0.3, -0.25) is 0 Å². The molecule has 3 heteroatoms. The van der Waals surface area contributed by atoms with Crippen LogP contribution in [0.1, 0.15) is 18.4 Å². The largest absolute Gasteiger partial charge is 0.493 e. The predicted octanol–water partition coefficient (Wildman–Crippen LogP) is 3.10. The van der Waals surface area contributed by atoms with Crippen molar-refractivity contribution in [2.75, 3.05) is 7.11 Å². The monoisotopic (exact) mass is 240 g/mol. The molecule has 1 saturated carbocycles. The fourth-order valence-electron chi connectivity index (χ4n) is 2.14. The Morgan fingerprint density at radius 3 is 2.67 bits per heavy atom. The number of hydrogen-bond acceptors (Lipinski definition) is 3. The summed E-state index contributed by atoms with van der Waals surface area (Å²) < 4.78 is 5.28. The number of ether oxygens (including phenoxy) is 1. The normalized spacial score (nSPS) is 14.5. The standard InChI is InChI=1S/C15H16N2O/c1-18-14-9-16-10-17-15(14)13-6-4-12(5-7-13)8-11-2-3-11/h4-7,9-11H,2-3,8H2,1H3. The lowest BCUT2D eigenvalue weighted by atomic mass is 10.0. The zero-order valence-electron chi connectivity index (χ0n) is 10.5. The Hall–Kier alpha value is -1.90. The Morgan fingerprint density at radius 2 is 2.00 bits per heavy atom. The van der Waals surface area contributed by atoms with Crippen LogP contribution >= 0.6 is 0 Å². The fourth-order valence-corrected chi connectivity index (χ4v) is 2.14. The molecule has 1 aromatic heterocycles. The third-order valence-electron chi connectivity index (χ3n) is 3.35. The first-order valence-electron chi connectivity index (χ1n) is 6.30. The number of nitrogens with zero attached hydrogens (tertiary/aromatic N) is 2. The topological polar surface area (TPSA) is 35.0 Å². The molecular weight excluding hydrogens is 224 g/mol. The maximum atomic E-state index is 5.28. The summed E-state index contributed by atoms with van der Waals surface area (Å²) in [6.07, 6.45) is 7.24.